The number of guanidine groups is 1. The normalized spacial score (nSPS) is 10.6. The smallest absolute Gasteiger partial charge is 0.189 e. The van der Waals surface area contributed by atoms with Crippen LogP contribution in [0.5, 0.6) is 0 Å². The Morgan fingerprint density at radius 1 is 1.53 bits per heavy atom. The van der Waals surface area contributed by atoms with Crippen LogP contribution in [0.2, 0.25) is 0 Å². The monoisotopic (exact) mass is 346 g/mol. The molecule has 0 aliphatic carbocycles. The molecule has 0 aromatic carbocycles. The van der Waals surface area contributed by atoms with Crippen LogP contribution in [0.4, 0.5) is 0 Å². The molecular weight excluding hydrogens is 327 g/mol. The molecule has 0 saturated carbocycles. The summed E-state index contributed by atoms with van der Waals surface area (Å²) in [7, 11) is 0. The molecule has 17 heavy (non-hydrogen) atoms. The molecule has 0 radical (unpaired) electrons. The highest BCUT2D eigenvalue weighted by molar-refractivity contribution is 14.0. The molecule has 1 aromatic heterocycles. The molecule has 0 unspecified atom stereocenters. The van der Waals surface area contributed by atoms with E-state index in [1.54, 1.807) is 6.20 Å². The Morgan fingerprint density at radius 2 is 2.24 bits per heavy atom. The van der Waals surface area contributed by atoms with E-state index >= 15 is 0 Å². The maximum atomic E-state index is 5.69. The zero-order valence-electron chi connectivity index (χ0n) is 10.2. The van der Waals surface area contributed by atoms with Crippen LogP contribution >= 0.6 is 24.0 Å². The lowest BCUT2D eigenvalue weighted by Gasteiger charge is -2.04. The van der Waals surface area contributed by atoms with Gasteiger partial charge in [-0.2, -0.15) is 0 Å². The second kappa shape index (κ2) is 8.05. The molecular formula is C12H19IN4. The summed E-state index contributed by atoms with van der Waals surface area (Å²) in [6, 6.07) is 2.04. The van der Waals surface area contributed by atoms with Crippen LogP contribution in [-0.4, -0.2) is 17.5 Å². The molecule has 3 N–H and O–H groups in total. The number of halogens is 1. The van der Waals surface area contributed by atoms with Crippen molar-refractivity contribution in [2.45, 2.75) is 20.4 Å². The maximum absolute atomic E-state index is 5.69. The first-order valence-corrected chi connectivity index (χ1v) is 5.16. The summed E-state index contributed by atoms with van der Waals surface area (Å²) < 4.78 is 0. The first-order chi connectivity index (χ1) is 7.58. The van der Waals surface area contributed by atoms with Gasteiger partial charge in [0.05, 0.1) is 6.54 Å². The highest BCUT2D eigenvalue weighted by Crippen LogP contribution is 2.02. The van der Waals surface area contributed by atoms with Crippen molar-refractivity contribution >= 4 is 29.9 Å². The van der Waals surface area contributed by atoms with E-state index in [9.17, 15) is 0 Å². The molecule has 1 aromatic rings. The van der Waals surface area contributed by atoms with E-state index in [1.807, 2.05) is 26.1 Å². The lowest BCUT2D eigenvalue weighted by molar-refractivity contribution is 0.936. The summed E-state index contributed by atoms with van der Waals surface area (Å²) in [6.45, 7) is 8.91. The molecule has 0 fully saturated rings. The second-order valence-electron chi connectivity index (χ2n) is 3.88. The molecule has 5 heteroatoms. The van der Waals surface area contributed by atoms with Gasteiger partial charge in [0.2, 0.25) is 0 Å². The van der Waals surface area contributed by atoms with Crippen molar-refractivity contribution in [3.8, 4) is 0 Å². The van der Waals surface area contributed by atoms with Gasteiger partial charge in [-0.3, -0.25) is 4.98 Å². The fourth-order valence-corrected chi connectivity index (χ4v) is 1.18. The van der Waals surface area contributed by atoms with Crippen LogP contribution in [0.1, 0.15) is 18.1 Å². The molecule has 0 atom stereocenters. The van der Waals surface area contributed by atoms with Crippen molar-refractivity contribution < 1.29 is 0 Å². The van der Waals surface area contributed by atoms with E-state index in [0.717, 1.165) is 16.7 Å². The van der Waals surface area contributed by atoms with E-state index in [1.165, 1.54) is 0 Å². The minimum absolute atomic E-state index is 0. The Hall–Kier alpha value is -1.11. The summed E-state index contributed by atoms with van der Waals surface area (Å²) in [6.07, 6.45) is 3.61. The zero-order valence-corrected chi connectivity index (χ0v) is 12.6. The maximum Gasteiger partial charge on any atom is 0.189 e. The average molecular weight is 346 g/mol. The van der Waals surface area contributed by atoms with Gasteiger partial charge in [0, 0.05) is 18.9 Å². The second-order valence-corrected chi connectivity index (χ2v) is 3.88. The number of nitrogens with one attached hydrogen (secondary N) is 1. The fourth-order valence-electron chi connectivity index (χ4n) is 1.18. The van der Waals surface area contributed by atoms with Crippen molar-refractivity contribution in [1.82, 2.24) is 10.3 Å². The molecule has 0 saturated heterocycles. The first-order valence-electron chi connectivity index (χ1n) is 5.16. The molecule has 1 rings (SSSR count). The van der Waals surface area contributed by atoms with Gasteiger partial charge >= 0.3 is 0 Å². The van der Waals surface area contributed by atoms with Crippen LogP contribution in [0, 0.1) is 6.92 Å². The van der Waals surface area contributed by atoms with Crippen molar-refractivity contribution in [2.24, 2.45) is 10.7 Å². The minimum Gasteiger partial charge on any atom is -0.370 e. The number of hydrogen-bond donors (Lipinski definition) is 2. The zero-order chi connectivity index (χ0) is 12.0. The van der Waals surface area contributed by atoms with Crippen LogP contribution in [0.25, 0.3) is 0 Å². The number of aliphatic imine (C=N–C) groups is 1. The van der Waals surface area contributed by atoms with E-state index < -0.39 is 0 Å². The highest BCUT2D eigenvalue weighted by atomic mass is 127. The molecule has 0 aliphatic heterocycles. The lowest BCUT2D eigenvalue weighted by atomic mass is 10.2. The van der Waals surface area contributed by atoms with Gasteiger partial charge in [-0.1, -0.05) is 18.2 Å². The minimum atomic E-state index is 0. The lowest BCUT2D eigenvalue weighted by Crippen LogP contribution is -2.32. The topological polar surface area (TPSA) is 63.3 Å². The summed E-state index contributed by atoms with van der Waals surface area (Å²) >= 11 is 0. The Bertz CT molecular complexity index is 401. The van der Waals surface area contributed by atoms with Crippen LogP contribution < -0.4 is 11.1 Å². The van der Waals surface area contributed by atoms with Crippen LogP contribution in [-0.2, 0) is 6.54 Å². The summed E-state index contributed by atoms with van der Waals surface area (Å²) in [5.41, 5.74) is 8.89. The third-order valence-corrected chi connectivity index (χ3v) is 1.93. The molecule has 0 spiro atoms. The molecule has 0 bridgehead atoms. The van der Waals surface area contributed by atoms with Gasteiger partial charge in [-0.05, 0) is 25.0 Å². The summed E-state index contributed by atoms with van der Waals surface area (Å²) in [4.78, 5) is 8.30. The Balaban J connectivity index is 0.00000256. The van der Waals surface area contributed by atoms with Gasteiger partial charge < -0.3 is 11.1 Å². The Kier molecular flexibility index (Phi) is 7.53. The van der Waals surface area contributed by atoms with Gasteiger partial charge in [-0.25, -0.2) is 4.99 Å². The van der Waals surface area contributed by atoms with Gasteiger partial charge in [-0.15, -0.1) is 24.0 Å². The SMILES string of the molecule is C=C(C)CNC(N)=NCc1cncc(C)c1.I. The standard InChI is InChI=1S/C12H18N4.HI/c1-9(2)5-15-12(13)16-8-11-4-10(3)6-14-7-11;/h4,6-7H,1,5,8H2,2-3H3,(H3,13,15,16);1H. The van der Waals surface area contributed by atoms with E-state index in [4.69, 9.17) is 5.73 Å². The number of aromatic nitrogens is 1. The van der Waals surface area contributed by atoms with Crippen molar-refractivity contribution in [1.29, 1.82) is 0 Å². The van der Waals surface area contributed by atoms with E-state index in [0.29, 0.717) is 19.0 Å². The highest BCUT2D eigenvalue weighted by Gasteiger charge is 1.94. The number of hydrogen-bond acceptors (Lipinski definition) is 2. The molecule has 4 nitrogen and oxygen atoms in total. The van der Waals surface area contributed by atoms with Gasteiger partial charge in [0.1, 0.15) is 0 Å². The third kappa shape index (κ3) is 6.93. The van der Waals surface area contributed by atoms with Crippen molar-refractivity contribution in [3.05, 3.63) is 41.7 Å². The fraction of sp³-hybridized carbons (Fsp3) is 0.333. The summed E-state index contributed by atoms with van der Waals surface area (Å²) in [5.74, 6) is 0.435. The van der Waals surface area contributed by atoms with Crippen LogP contribution in [0.3, 0.4) is 0 Å². The van der Waals surface area contributed by atoms with Crippen LogP contribution in [0.15, 0.2) is 35.6 Å². The predicted octanol–water partition coefficient (Wildman–Crippen LogP) is 1.99. The van der Waals surface area contributed by atoms with Crippen molar-refractivity contribution in [2.75, 3.05) is 6.54 Å². The predicted molar refractivity (Wildman–Crippen MR) is 82.5 cm³/mol. The quantitative estimate of drug-likeness (QED) is 0.379. The molecule has 0 amide bonds. The largest absolute Gasteiger partial charge is 0.370 e. The third-order valence-electron chi connectivity index (χ3n) is 1.93. The molecule has 1 heterocycles. The molecule has 94 valence electrons. The Labute approximate surface area is 119 Å². The van der Waals surface area contributed by atoms with E-state index in [2.05, 4.69) is 21.9 Å². The average Bonchev–Trinajstić information content (AvgIpc) is 2.23. The molecule has 0 aliphatic rings. The number of rotatable bonds is 4. The Morgan fingerprint density at radius 3 is 2.82 bits per heavy atom. The summed E-state index contributed by atoms with van der Waals surface area (Å²) in [5, 5.41) is 2.97. The number of pyridine rings is 1. The number of nitrogens with zero attached hydrogens (tertiary/aromatic N) is 2. The number of aryl methyl sites for hydroxylation is 1. The van der Waals surface area contributed by atoms with Crippen molar-refractivity contribution in [3.63, 3.8) is 0 Å². The van der Waals surface area contributed by atoms with E-state index in [-0.39, 0.29) is 24.0 Å². The number of nitrogens with two attached hydrogens (primary N) is 1. The first kappa shape index (κ1) is 15.9. The van der Waals surface area contributed by atoms with Gasteiger partial charge in [0.25, 0.3) is 0 Å². The van der Waals surface area contributed by atoms with Gasteiger partial charge in [0.15, 0.2) is 5.96 Å².